The molecule has 82 valence electrons. The van der Waals surface area contributed by atoms with Crippen LogP contribution in [0.1, 0.15) is 5.89 Å². The van der Waals surface area contributed by atoms with E-state index in [2.05, 4.69) is 27.4 Å². The Morgan fingerprint density at radius 3 is 3.20 bits per heavy atom. The predicted molar refractivity (Wildman–Crippen MR) is 54.1 cm³/mol. The van der Waals surface area contributed by atoms with E-state index in [1.54, 1.807) is 6.08 Å². The number of hydrogen-bond acceptors (Lipinski definition) is 5. The van der Waals surface area contributed by atoms with E-state index in [1.165, 1.54) is 6.33 Å². The topological polar surface area (TPSA) is 80.0 Å². The molecular formula is C9H14N4O2. The Balaban J connectivity index is 2.04. The summed E-state index contributed by atoms with van der Waals surface area (Å²) in [5, 5.41) is 9.07. The zero-order valence-corrected chi connectivity index (χ0v) is 8.40. The normalized spacial score (nSPS) is 9.87. The summed E-state index contributed by atoms with van der Waals surface area (Å²) in [5.74, 6) is 0.464. The molecule has 15 heavy (non-hydrogen) atoms. The summed E-state index contributed by atoms with van der Waals surface area (Å²) in [6, 6.07) is 0. The molecule has 0 spiro atoms. The highest BCUT2D eigenvalue weighted by atomic mass is 16.5. The van der Waals surface area contributed by atoms with Crippen LogP contribution in [0, 0.1) is 0 Å². The highest BCUT2D eigenvalue weighted by Gasteiger charge is 2.01. The molecule has 0 saturated carbocycles. The maximum atomic E-state index is 11.2. The summed E-state index contributed by atoms with van der Waals surface area (Å²) in [7, 11) is 0. The lowest BCUT2D eigenvalue weighted by Gasteiger charge is -2.03. The maximum absolute atomic E-state index is 11.2. The fourth-order valence-corrected chi connectivity index (χ4v) is 0.965. The van der Waals surface area contributed by atoms with Gasteiger partial charge >= 0.3 is 0 Å². The molecule has 1 aromatic rings. The Labute approximate surface area is 87.7 Å². The van der Waals surface area contributed by atoms with Gasteiger partial charge in [-0.15, -0.1) is 6.58 Å². The summed E-state index contributed by atoms with van der Waals surface area (Å²) < 4.78 is 4.77. The van der Waals surface area contributed by atoms with E-state index in [9.17, 15) is 4.79 Å². The lowest BCUT2D eigenvalue weighted by molar-refractivity contribution is -0.120. The van der Waals surface area contributed by atoms with E-state index in [0.717, 1.165) is 0 Å². The van der Waals surface area contributed by atoms with Crippen LogP contribution < -0.4 is 10.6 Å². The van der Waals surface area contributed by atoms with Gasteiger partial charge in [-0.2, -0.15) is 4.98 Å². The lowest BCUT2D eigenvalue weighted by atomic mass is 10.4. The molecule has 2 N–H and O–H groups in total. The first-order valence-electron chi connectivity index (χ1n) is 4.67. The minimum absolute atomic E-state index is 0.0589. The molecule has 0 atom stereocenters. The first-order chi connectivity index (χ1) is 7.33. The second-order valence-electron chi connectivity index (χ2n) is 2.85. The van der Waals surface area contributed by atoms with Crippen molar-refractivity contribution in [2.45, 2.75) is 6.42 Å². The average Bonchev–Trinajstić information content (AvgIpc) is 2.71. The van der Waals surface area contributed by atoms with Crippen molar-refractivity contribution in [3.8, 4) is 0 Å². The Morgan fingerprint density at radius 1 is 1.67 bits per heavy atom. The fraction of sp³-hybridized carbons (Fsp3) is 0.444. The van der Waals surface area contributed by atoms with Gasteiger partial charge in [-0.05, 0) is 0 Å². The van der Waals surface area contributed by atoms with Crippen LogP contribution in [0.2, 0.25) is 0 Å². The van der Waals surface area contributed by atoms with Gasteiger partial charge in [0.25, 0.3) is 0 Å². The largest absolute Gasteiger partial charge is 0.354 e. The van der Waals surface area contributed by atoms with Gasteiger partial charge in [0, 0.05) is 19.5 Å². The summed E-state index contributed by atoms with van der Waals surface area (Å²) in [6.07, 6.45) is 3.59. The number of carbonyl (C=O) groups is 1. The number of nitrogens with one attached hydrogen (secondary N) is 2. The predicted octanol–water partition coefficient (Wildman–Crippen LogP) is -0.496. The van der Waals surface area contributed by atoms with Gasteiger partial charge in [0.1, 0.15) is 0 Å². The molecule has 0 aromatic carbocycles. The van der Waals surface area contributed by atoms with Crippen molar-refractivity contribution < 1.29 is 9.32 Å². The van der Waals surface area contributed by atoms with Crippen molar-refractivity contribution in [2.75, 3.05) is 19.6 Å². The van der Waals surface area contributed by atoms with Gasteiger partial charge in [0.15, 0.2) is 6.33 Å². The van der Waals surface area contributed by atoms with Crippen LogP contribution in [0.15, 0.2) is 23.5 Å². The third-order valence-corrected chi connectivity index (χ3v) is 1.64. The van der Waals surface area contributed by atoms with Gasteiger partial charge in [0.2, 0.25) is 11.8 Å². The standard InChI is InChI=1S/C9H14N4O2/c1-2-4-10-6-8(14)11-5-3-9-12-7-13-15-9/h2,7,10H,1,3-6H2,(H,11,14). The highest BCUT2D eigenvalue weighted by Crippen LogP contribution is 1.89. The summed E-state index contributed by atoms with van der Waals surface area (Å²) in [4.78, 5) is 15.0. The van der Waals surface area contributed by atoms with E-state index in [0.29, 0.717) is 25.4 Å². The van der Waals surface area contributed by atoms with Crippen LogP contribution in [-0.2, 0) is 11.2 Å². The third-order valence-electron chi connectivity index (χ3n) is 1.64. The van der Waals surface area contributed by atoms with Crippen LogP contribution in [0.3, 0.4) is 0 Å². The van der Waals surface area contributed by atoms with Gasteiger partial charge in [0.05, 0.1) is 6.54 Å². The highest BCUT2D eigenvalue weighted by molar-refractivity contribution is 5.77. The molecule has 0 bridgehead atoms. The number of aromatic nitrogens is 2. The molecule has 0 saturated heterocycles. The SMILES string of the molecule is C=CCNCC(=O)NCCc1ncno1. The zero-order chi connectivity index (χ0) is 10.9. The Kier molecular flexibility index (Phi) is 5.10. The molecule has 1 heterocycles. The minimum atomic E-state index is -0.0589. The van der Waals surface area contributed by atoms with E-state index in [-0.39, 0.29) is 12.5 Å². The molecule has 1 aromatic heterocycles. The first kappa shape index (κ1) is 11.4. The molecule has 0 fully saturated rings. The smallest absolute Gasteiger partial charge is 0.233 e. The van der Waals surface area contributed by atoms with Crippen LogP contribution >= 0.6 is 0 Å². The van der Waals surface area contributed by atoms with E-state index >= 15 is 0 Å². The molecule has 6 nitrogen and oxygen atoms in total. The van der Waals surface area contributed by atoms with Crippen LogP contribution in [-0.4, -0.2) is 35.7 Å². The first-order valence-corrected chi connectivity index (χ1v) is 4.67. The molecule has 1 rings (SSSR count). The van der Waals surface area contributed by atoms with Gasteiger partial charge in [-0.1, -0.05) is 11.2 Å². The van der Waals surface area contributed by atoms with E-state index < -0.39 is 0 Å². The summed E-state index contributed by atoms with van der Waals surface area (Å²) in [6.45, 7) is 4.94. The van der Waals surface area contributed by atoms with Crippen LogP contribution in [0.4, 0.5) is 0 Å². The van der Waals surface area contributed by atoms with Gasteiger partial charge in [-0.3, -0.25) is 4.79 Å². The van der Waals surface area contributed by atoms with Gasteiger partial charge < -0.3 is 15.2 Å². The van der Waals surface area contributed by atoms with Crippen molar-refractivity contribution in [1.29, 1.82) is 0 Å². The molecular weight excluding hydrogens is 196 g/mol. The molecule has 0 aliphatic heterocycles. The quantitative estimate of drug-likeness (QED) is 0.468. The van der Waals surface area contributed by atoms with Crippen LogP contribution in [0.5, 0.6) is 0 Å². The molecule has 0 radical (unpaired) electrons. The van der Waals surface area contributed by atoms with Crippen molar-refractivity contribution in [2.24, 2.45) is 0 Å². The number of rotatable bonds is 7. The Bertz CT molecular complexity index is 297. The number of hydrogen-bond donors (Lipinski definition) is 2. The lowest BCUT2D eigenvalue weighted by Crippen LogP contribution is -2.35. The minimum Gasteiger partial charge on any atom is -0.354 e. The van der Waals surface area contributed by atoms with E-state index in [1.807, 2.05) is 0 Å². The fourth-order valence-electron chi connectivity index (χ4n) is 0.965. The van der Waals surface area contributed by atoms with Crippen LogP contribution in [0.25, 0.3) is 0 Å². The monoisotopic (exact) mass is 210 g/mol. The molecule has 1 amide bonds. The van der Waals surface area contributed by atoms with Crippen molar-refractivity contribution in [3.05, 3.63) is 24.9 Å². The number of carbonyl (C=O) groups excluding carboxylic acids is 1. The van der Waals surface area contributed by atoms with Gasteiger partial charge in [-0.25, -0.2) is 0 Å². The molecule has 0 aliphatic carbocycles. The Hall–Kier alpha value is -1.69. The molecule has 6 heteroatoms. The summed E-state index contributed by atoms with van der Waals surface area (Å²) >= 11 is 0. The number of nitrogens with zero attached hydrogens (tertiary/aromatic N) is 2. The molecule has 0 unspecified atom stereocenters. The van der Waals surface area contributed by atoms with E-state index in [4.69, 9.17) is 4.52 Å². The second-order valence-corrected chi connectivity index (χ2v) is 2.85. The zero-order valence-electron chi connectivity index (χ0n) is 8.40. The third kappa shape index (κ3) is 4.92. The Morgan fingerprint density at radius 2 is 2.53 bits per heavy atom. The summed E-state index contributed by atoms with van der Waals surface area (Å²) in [5.41, 5.74) is 0. The molecule has 0 aliphatic rings. The average molecular weight is 210 g/mol. The van der Waals surface area contributed by atoms with Crippen molar-refractivity contribution in [1.82, 2.24) is 20.8 Å². The number of amides is 1. The van der Waals surface area contributed by atoms with Crippen molar-refractivity contribution in [3.63, 3.8) is 0 Å². The van der Waals surface area contributed by atoms with Crippen molar-refractivity contribution >= 4 is 5.91 Å². The maximum Gasteiger partial charge on any atom is 0.233 e. The second kappa shape index (κ2) is 6.72.